The first-order valence-electron chi connectivity index (χ1n) is 7.13. The molecule has 0 radical (unpaired) electrons. The number of rotatable bonds is 5. The summed E-state index contributed by atoms with van der Waals surface area (Å²) in [6.45, 7) is 1.80. The predicted octanol–water partition coefficient (Wildman–Crippen LogP) is 1.63. The summed E-state index contributed by atoms with van der Waals surface area (Å²) in [5.41, 5.74) is 1.80. The van der Waals surface area contributed by atoms with E-state index in [4.69, 9.17) is 4.52 Å². The van der Waals surface area contributed by atoms with Crippen LogP contribution in [0.4, 0.5) is 0 Å². The van der Waals surface area contributed by atoms with Gasteiger partial charge in [-0.2, -0.15) is 5.10 Å². The summed E-state index contributed by atoms with van der Waals surface area (Å²) >= 11 is 0. The number of aryl methyl sites for hydroxylation is 1. The minimum atomic E-state index is -0.807. The number of amides is 1. The largest absolute Gasteiger partial charge is 0.387 e. The zero-order valence-electron chi connectivity index (χ0n) is 12.5. The average molecular weight is 312 g/mol. The molecule has 1 amide bonds. The first-order valence-corrected chi connectivity index (χ1v) is 7.13. The van der Waals surface area contributed by atoms with Crippen molar-refractivity contribution in [2.75, 3.05) is 6.54 Å². The highest BCUT2D eigenvalue weighted by Gasteiger charge is 2.14. The lowest BCUT2D eigenvalue weighted by atomic mass is 10.1. The van der Waals surface area contributed by atoms with Crippen molar-refractivity contribution in [1.29, 1.82) is 0 Å². The Morgan fingerprint density at radius 1 is 1.39 bits per heavy atom. The van der Waals surface area contributed by atoms with E-state index >= 15 is 0 Å². The average Bonchev–Trinajstić information content (AvgIpc) is 3.24. The van der Waals surface area contributed by atoms with E-state index in [1.807, 2.05) is 24.4 Å². The normalized spacial score (nSPS) is 12.1. The molecule has 1 aromatic carbocycles. The molecule has 7 nitrogen and oxygen atoms in total. The Morgan fingerprint density at radius 3 is 2.78 bits per heavy atom. The van der Waals surface area contributed by atoms with Crippen LogP contribution in [0.1, 0.15) is 27.9 Å². The van der Waals surface area contributed by atoms with E-state index in [1.54, 1.807) is 36.0 Å². The van der Waals surface area contributed by atoms with Crippen LogP contribution in [0.2, 0.25) is 0 Å². The highest BCUT2D eigenvalue weighted by molar-refractivity contribution is 5.92. The molecule has 2 heterocycles. The van der Waals surface area contributed by atoms with Crippen LogP contribution in [-0.4, -0.2) is 32.5 Å². The number of nitrogens with zero attached hydrogens (tertiary/aromatic N) is 3. The predicted molar refractivity (Wildman–Crippen MR) is 82.1 cm³/mol. The number of aliphatic hydroxyl groups excluding tert-OH is 1. The Bertz CT molecular complexity index is 778. The van der Waals surface area contributed by atoms with Crippen molar-refractivity contribution in [3.8, 4) is 5.69 Å². The third-order valence-corrected chi connectivity index (χ3v) is 3.36. The van der Waals surface area contributed by atoms with Crippen LogP contribution in [0.15, 0.2) is 53.3 Å². The van der Waals surface area contributed by atoms with Crippen molar-refractivity contribution >= 4 is 5.91 Å². The van der Waals surface area contributed by atoms with E-state index in [0.29, 0.717) is 11.3 Å². The Hall–Kier alpha value is -2.93. The third kappa shape index (κ3) is 3.46. The first-order chi connectivity index (χ1) is 11.1. The fourth-order valence-electron chi connectivity index (χ4n) is 2.14. The lowest BCUT2D eigenvalue weighted by molar-refractivity contribution is 0.0907. The molecule has 0 aliphatic carbocycles. The molecule has 3 aromatic rings. The lowest BCUT2D eigenvalue weighted by Gasteiger charge is -2.12. The van der Waals surface area contributed by atoms with Crippen LogP contribution in [0, 0.1) is 6.92 Å². The molecular weight excluding hydrogens is 296 g/mol. The molecule has 0 aliphatic rings. The van der Waals surface area contributed by atoms with Gasteiger partial charge in [-0.1, -0.05) is 17.3 Å². The maximum atomic E-state index is 11.8. The summed E-state index contributed by atoms with van der Waals surface area (Å²) in [7, 11) is 0. The summed E-state index contributed by atoms with van der Waals surface area (Å²) < 4.78 is 6.57. The standard InChI is InChI=1S/C16H16N4O3/c1-11-9-14(19-23-11)16(22)17-10-15(21)12-3-5-13(6-4-12)20-8-2-7-18-20/h2-9,15,21H,10H2,1H3,(H,17,22). The zero-order valence-corrected chi connectivity index (χ0v) is 12.5. The van der Waals surface area contributed by atoms with Gasteiger partial charge in [0.1, 0.15) is 5.76 Å². The van der Waals surface area contributed by atoms with Crippen LogP contribution in [0.3, 0.4) is 0 Å². The van der Waals surface area contributed by atoms with Gasteiger partial charge in [0.25, 0.3) is 5.91 Å². The molecule has 0 saturated heterocycles. The van der Waals surface area contributed by atoms with E-state index in [1.165, 1.54) is 0 Å². The van der Waals surface area contributed by atoms with Gasteiger partial charge in [0.05, 0.1) is 11.8 Å². The number of aliphatic hydroxyl groups is 1. The van der Waals surface area contributed by atoms with E-state index in [0.717, 1.165) is 5.69 Å². The summed E-state index contributed by atoms with van der Waals surface area (Å²) in [5.74, 6) is 0.180. The zero-order chi connectivity index (χ0) is 16.2. The molecule has 0 fully saturated rings. The molecule has 1 atom stereocenters. The van der Waals surface area contributed by atoms with Crippen molar-refractivity contribution in [2.24, 2.45) is 0 Å². The van der Waals surface area contributed by atoms with Crippen molar-refractivity contribution in [1.82, 2.24) is 20.3 Å². The number of benzene rings is 1. The second kappa shape index (κ2) is 6.45. The molecule has 7 heteroatoms. The Balaban J connectivity index is 1.60. The fraction of sp³-hybridized carbons (Fsp3) is 0.188. The van der Waals surface area contributed by atoms with Crippen LogP contribution < -0.4 is 5.32 Å². The molecule has 118 valence electrons. The van der Waals surface area contributed by atoms with Gasteiger partial charge in [0.15, 0.2) is 5.69 Å². The molecule has 0 spiro atoms. The smallest absolute Gasteiger partial charge is 0.273 e. The summed E-state index contributed by atoms with van der Waals surface area (Å²) in [5, 5.41) is 20.6. The van der Waals surface area contributed by atoms with Gasteiger partial charge in [-0.05, 0) is 30.7 Å². The molecule has 1 unspecified atom stereocenters. The first kappa shape index (κ1) is 15.0. The van der Waals surface area contributed by atoms with E-state index < -0.39 is 6.10 Å². The Morgan fingerprint density at radius 2 is 2.17 bits per heavy atom. The van der Waals surface area contributed by atoms with E-state index in [2.05, 4.69) is 15.6 Å². The van der Waals surface area contributed by atoms with Crippen LogP contribution in [0.25, 0.3) is 5.69 Å². The maximum absolute atomic E-state index is 11.8. The second-order valence-electron chi connectivity index (χ2n) is 5.09. The quantitative estimate of drug-likeness (QED) is 0.747. The Labute approximate surface area is 132 Å². The van der Waals surface area contributed by atoms with Gasteiger partial charge >= 0.3 is 0 Å². The third-order valence-electron chi connectivity index (χ3n) is 3.36. The molecule has 3 rings (SSSR count). The van der Waals surface area contributed by atoms with Gasteiger partial charge in [0.2, 0.25) is 0 Å². The van der Waals surface area contributed by atoms with Gasteiger partial charge in [-0.15, -0.1) is 0 Å². The molecular formula is C16H16N4O3. The van der Waals surface area contributed by atoms with Crippen molar-refractivity contribution in [2.45, 2.75) is 13.0 Å². The number of carbonyl (C=O) groups excluding carboxylic acids is 1. The minimum absolute atomic E-state index is 0.0891. The van der Waals surface area contributed by atoms with Gasteiger partial charge < -0.3 is 14.9 Å². The summed E-state index contributed by atoms with van der Waals surface area (Å²) in [4.78, 5) is 11.8. The number of aromatic nitrogens is 3. The molecule has 23 heavy (non-hydrogen) atoms. The van der Waals surface area contributed by atoms with Crippen molar-refractivity contribution < 1.29 is 14.4 Å². The van der Waals surface area contributed by atoms with Gasteiger partial charge in [0, 0.05) is 25.0 Å². The molecule has 2 aromatic heterocycles. The number of carbonyl (C=O) groups is 1. The summed E-state index contributed by atoms with van der Waals surface area (Å²) in [6.07, 6.45) is 2.73. The minimum Gasteiger partial charge on any atom is -0.387 e. The van der Waals surface area contributed by atoms with Crippen molar-refractivity contribution in [3.05, 3.63) is 65.8 Å². The van der Waals surface area contributed by atoms with Gasteiger partial charge in [-0.3, -0.25) is 4.79 Å². The topological polar surface area (TPSA) is 93.2 Å². The van der Waals surface area contributed by atoms with E-state index in [-0.39, 0.29) is 18.1 Å². The van der Waals surface area contributed by atoms with Crippen LogP contribution in [0.5, 0.6) is 0 Å². The SMILES string of the molecule is Cc1cc(C(=O)NCC(O)c2ccc(-n3cccn3)cc2)no1. The molecule has 0 saturated carbocycles. The lowest BCUT2D eigenvalue weighted by Crippen LogP contribution is -2.28. The monoisotopic (exact) mass is 312 g/mol. The number of hydrogen-bond donors (Lipinski definition) is 2. The van der Waals surface area contributed by atoms with Crippen molar-refractivity contribution in [3.63, 3.8) is 0 Å². The van der Waals surface area contributed by atoms with Gasteiger partial charge in [-0.25, -0.2) is 4.68 Å². The highest BCUT2D eigenvalue weighted by Crippen LogP contribution is 2.15. The molecule has 0 bridgehead atoms. The molecule has 0 aliphatic heterocycles. The van der Waals surface area contributed by atoms with Crippen LogP contribution in [-0.2, 0) is 0 Å². The van der Waals surface area contributed by atoms with Crippen LogP contribution >= 0.6 is 0 Å². The second-order valence-corrected chi connectivity index (χ2v) is 5.09. The number of hydrogen-bond acceptors (Lipinski definition) is 5. The molecule has 2 N–H and O–H groups in total. The number of nitrogens with one attached hydrogen (secondary N) is 1. The summed E-state index contributed by atoms with van der Waals surface area (Å²) in [6, 6.07) is 10.7. The highest BCUT2D eigenvalue weighted by atomic mass is 16.5. The fourth-order valence-corrected chi connectivity index (χ4v) is 2.14. The Kier molecular flexibility index (Phi) is 4.20. The van der Waals surface area contributed by atoms with E-state index in [9.17, 15) is 9.90 Å². The maximum Gasteiger partial charge on any atom is 0.273 e.